The summed E-state index contributed by atoms with van der Waals surface area (Å²) in [7, 11) is 6.28. The highest BCUT2D eigenvalue weighted by molar-refractivity contribution is 5.97. The Labute approximate surface area is 166 Å². The van der Waals surface area contributed by atoms with E-state index >= 15 is 0 Å². The normalized spacial score (nSPS) is 11.4. The summed E-state index contributed by atoms with van der Waals surface area (Å²) in [6.07, 6.45) is 0.882. The molecule has 3 heteroatoms. The summed E-state index contributed by atoms with van der Waals surface area (Å²) in [6.45, 7) is 1.57. The van der Waals surface area contributed by atoms with E-state index in [0.717, 1.165) is 18.7 Å². The minimum absolute atomic E-state index is 0.674. The summed E-state index contributed by atoms with van der Waals surface area (Å²) < 4.78 is 8.53. The zero-order valence-corrected chi connectivity index (χ0v) is 16.9. The van der Waals surface area contributed by atoms with Gasteiger partial charge in [0.25, 0.3) is 0 Å². The van der Waals surface area contributed by atoms with Crippen LogP contribution in [0, 0.1) is 0 Å². The number of ether oxygens (including phenoxy) is 1. The maximum absolute atomic E-state index is 6.26. The highest BCUT2D eigenvalue weighted by Crippen LogP contribution is 2.33. The quantitative estimate of drug-likeness (QED) is 0.370. The molecule has 1 aromatic heterocycles. The van der Waals surface area contributed by atoms with Crippen LogP contribution >= 0.6 is 0 Å². The van der Waals surface area contributed by atoms with Crippen LogP contribution in [0.4, 0.5) is 0 Å². The number of para-hydroxylation sites is 1. The van der Waals surface area contributed by atoms with Crippen molar-refractivity contribution in [2.24, 2.45) is 7.05 Å². The van der Waals surface area contributed by atoms with Crippen molar-refractivity contribution in [1.29, 1.82) is 0 Å². The number of fused-ring (bicyclic) bond motifs is 2. The maximum Gasteiger partial charge on any atom is 0.216 e. The van der Waals surface area contributed by atoms with Crippen LogP contribution in [0.3, 0.4) is 0 Å². The first kappa shape index (κ1) is 18.5. The summed E-state index contributed by atoms with van der Waals surface area (Å²) in [5.74, 6) is 0.964. The van der Waals surface area contributed by atoms with E-state index in [1.807, 2.05) is 0 Å². The average molecular weight is 372 g/mol. The van der Waals surface area contributed by atoms with Gasteiger partial charge in [0.15, 0.2) is 0 Å². The lowest BCUT2D eigenvalue weighted by atomic mass is 9.95. The Morgan fingerprint density at radius 1 is 0.821 bits per heavy atom. The van der Waals surface area contributed by atoms with Gasteiger partial charge in [-0.1, -0.05) is 48.5 Å². The summed E-state index contributed by atoms with van der Waals surface area (Å²) in [5.41, 5.74) is 5.08. The van der Waals surface area contributed by atoms with Crippen LogP contribution in [0.1, 0.15) is 11.1 Å². The van der Waals surface area contributed by atoms with Gasteiger partial charge in [0.2, 0.25) is 11.0 Å². The van der Waals surface area contributed by atoms with E-state index in [9.17, 15) is 0 Å². The Kier molecular flexibility index (Phi) is 5.27. The van der Waals surface area contributed by atoms with Crippen molar-refractivity contribution in [3.63, 3.8) is 0 Å². The number of hydrogen-bond acceptors (Lipinski definition) is 2. The van der Waals surface area contributed by atoms with Gasteiger partial charge in [-0.05, 0) is 43.8 Å². The zero-order chi connectivity index (χ0) is 19.5. The first-order chi connectivity index (χ1) is 13.6. The van der Waals surface area contributed by atoms with Gasteiger partial charge in [0.1, 0.15) is 19.4 Å². The Morgan fingerprint density at radius 3 is 2.32 bits per heavy atom. The number of rotatable bonds is 6. The monoisotopic (exact) mass is 371 g/mol. The van der Waals surface area contributed by atoms with E-state index in [1.54, 1.807) is 0 Å². The van der Waals surface area contributed by atoms with Crippen LogP contribution in [-0.2, 0) is 13.5 Å². The Bertz CT molecular complexity index is 1100. The second kappa shape index (κ2) is 7.99. The van der Waals surface area contributed by atoms with Crippen LogP contribution in [0.25, 0.3) is 21.8 Å². The molecule has 4 rings (SSSR count). The predicted octanol–water partition coefficient (Wildman–Crippen LogP) is 4.35. The van der Waals surface area contributed by atoms with Gasteiger partial charge in [-0.2, -0.15) is 4.57 Å². The molecule has 0 N–H and O–H groups in total. The van der Waals surface area contributed by atoms with Gasteiger partial charge < -0.3 is 9.64 Å². The number of benzene rings is 3. The van der Waals surface area contributed by atoms with Crippen molar-refractivity contribution in [1.82, 2.24) is 4.90 Å². The van der Waals surface area contributed by atoms with Crippen molar-refractivity contribution in [3.05, 3.63) is 83.9 Å². The number of aromatic nitrogens is 1. The molecule has 0 aliphatic carbocycles. The van der Waals surface area contributed by atoms with E-state index in [2.05, 4.69) is 103 Å². The second-order valence-corrected chi connectivity index (χ2v) is 7.52. The van der Waals surface area contributed by atoms with E-state index in [-0.39, 0.29) is 0 Å². The van der Waals surface area contributed by atoms with Gasteiger partial charge in [0, 0.05) is 18.7 Å². The van der Waals surface area contributed by atoms with Crippen LogP contribution in [0.15, 0.2) is 72.8 Å². The van der Waals surface area contributed by atoms with Gasteiger partial charge >= 0.3 is 0 Å². The first-order valence-electron chi connectivity index (χ1n) is 9.79. The smallest absolute Gasteiger partial charge is 0.216 e. The molecular formula is C25H27N2O+. The van der Waals surface area contributed by atoms with Gasteiger partial charge in [-0.25, -0.2) is 0 Å². The lowest BCUT2D eigenvalue weighted by Gasteiger charge is -2.16. The lowest BCUT2D eigenvalue weighted by Crippen LogP contribution is -2.31. The number of hydrogen-bond donors (Lipinski definition) is 0. The highest BCUT2D eigenvalue weighted by atomic mass is 16.5. The van der Waals surface area contributed by atoms with E-state index < -0.39 is 0 Å². The van der Waals surface area contributed by atoms with Crippen molar-refractivity contribution in [3.8, 4) is 5.75 Å². The second-order valence-electron chi connectivity index (χ2n) is 7.52. The molecule has 0 atom stereocenters. The van der Waals surface area contributed by atoms with Crippen molar-refractivity contribution >= 4 is 21.8 Å². The number of pyridine rings is 1. The minimum atomic E-state index is 0.674. The van der Waals surface area contributed by atoms with Crippen molar-refractivity contribution in [2.45, 2.75) is 6.42 Å². The standard InChI is InChI=1S/C25H27N2O/c1-26(2)16-17-28-24-15-9-14-23-25(24)21(18-19-10-5-4-6-11-19)20-12-7-8-13-22(20)27(23)3/h4-15H,16-18H2,1-3H3/q+1. The van der Waals surface area contributed by atoms with Crippen LogP contribution in [0.2, 0.25) is 0 Å². The Morgan fingerprint density at radius 2 is 1.54 bits per heavy atom. The van der Waals surface area contributed by atoms with E-state index in [1.165, 1.54) is 32.9 Å². The molecule has 3 nitrogen and oxygen atoms in total. The number of likely N-dealkylation sites (N-methyl/N-ethyl adjacent to an activating group) is 1. The number of nitrogens with zero attached hydrogens (tertiary/aromatic N) is 2. The average Bonchev–Trinajstić information content (AvgIpc) is 2.71. The molecule has 0 spiro atoms. The lowest BCUT2D eigenvalue weighted by molar-refractivity contribution is -0.617. The van der Waals surface area contributed by atoms with Crippen LogP contribution < -0.4 is 9.30 Å². The number of aryl methyl sites for hydroxylation is 1. The molecule has 0 unspecified atom stereocenters. The van der Waals surface area contributed by atoms with Crippen molar-refractivity contribution in [2.75, 3.05) is 27.2 Å². The summed E-state index contributed by atoms with van der Waals surface area (Å²) >= 11 is 0. The zero-order valence-electron chi connectivity index (χ0n) is 16.9. The Balaban J connectivity index is 1.94. The molecule has 0 radical (unpaired) electrons. The summed E-state index contributed by atoms with van der Waals surface area (Å²) in [5, 5.41) is 2.50. The van der Waals surface area contributed by atoms with E-state index in [0.29, 0.717) is 6.61 Å². The molecule has 3 aromatic carbocycles. The fraction of sp³-hybridized carbons (Fsp3) is 0.240. The van der Waals surface area contributed by atoms with Gasteiger partial charge in [-0.15, -0.1) is 0 Å². The topological polar surface area (TPSA) is 16.4 Å². The largest absolute Gasteiger partial charge is 0.491 e. The van der Waals surface area contributed by atoms with Gasteiger partial charge in [0.05, 0.1) is 10.8 Å². The molecule has 0 aliphatic rings. The molecule has 0 bridgehead atoms. The van der Waals surface area contributed by atoms with Crippen LogP contribution in [0.5, 0.6) is 5.75 Å². The molecule has 0 saturated heterocycles. The molecular weight excluding hydrogens is 344 g/mol. The maximum atomic E-state index is 6.26. The fourth-order valence-electron chi connectivity index (χ4n) is 3.83. The SMILES string of the molecule is CN(C)CCOc1cccc2c1c(Cc1ccccc1)c1ccccc1[n+]2C. The molecule has 28 heavy (non-hydrogen) atoms. The molecule has 0 amide bonds. The summed E-state index contributed by atoms with van der Waals surface area (Å²) in [4.78, 5) is 2.14. The minimum Gasteiger partial charge on any atom is -0.491 e. The molecule has 0 fully saturated rings. The Hall–Kier alpha value is -2.91. The summed E-state index contributed by atoms with van der Waals surface area (Å²) in [6, 6.07) is 25.7. The fourth-order valence-corrected chi connectivity index (χ4v) is 3.83. The highest BCUT2D eigenvalue weighted by Gasteiger charge is 2.21. The van der Waals surface area contributed by atoms with Crippen molar-refractivity contribution < 1.29 is 9.30 Å². The van der Waals surface area contributed by atoms with E-state index in [4.69, 9.17) is 4.74 Å². The third-order valence-electron chi connectivity index (χ3n) is 5.28. The first-order valence-corrected chi connectivity index (χ1v) is 9.79. The predicted molar refractivity (Wildman–Crippen MR) is 116 cm³/mol. The molecule has 1 heterocycles. The van der Waals surface area contributed by atoms with Gasteiger partial charge in [-0.3, -0.25) is 0 Å². The molecule has 0 aliphatic heterocycles. The third-order valence-corrected chi connectivity index (χ3v) is 5.28. The third kappa shape index (κ3) is 3.58. The molecule has 0 saturated carbocycles. The van der Waals surface area contributed by atoms with Crippen LogP contribution in [-0.4, -0.2) is 32.1 Å². The molecule has 4 aromatic rings. The molecule has 142 valence electrons.